The molecule has 0 aromatic carbocycles. The number of rotatable bonds is 5. The highest BCUT2D eigenvalue weighted by molar-refractivity contribution is 4.93. The first-order valence-corrected chi connectivity index (χ1v) is 3.69. The van der Waals surface area contributed by atoms with Gasteiger partial charge in [0.1, 0.15) is 0 Å². The fraction of sp³-hybridized carbons (Fsp3) is 0.556. The van der Waals surface area contributed by atoms with Gasteiger partial charge < -0.3 is 9.64 Å². The Bertz CT molecular complexity index is 130. The van der Waals surface area contributed by atoms with Gasteiger partial charge in [0.15, 0.2) is 0 Å². The average Bonchev–Trinajstić information content (AvgIpc) is 1.97. The molecule has 2 nitrogen and oxygen atoms in total. The van der Waals surface area contributed by atoms with E-state index in [1.54, 1.807) is 13.4 Å². The molecule has 0 heterocycles. The van der Waals surface area contributed by atoms with Crippen molar-refractivity contribution in [2.24, 2.45) is 0 Å². The van der Waals surface area contributed by atoms with E-state index in [4.69, 9.17) is 4.74 Å². The van der Waals surface area contributed by atoms with Gasteiger partial charge in [-0.3, -0.25) is 0 Å². The van der Waals surface area contributed by atoms with Crippen molar-refractivity contribution in [3.8, 4) is 0 Å². The van der Waals surface area contributed by atoms with E-state index in [-0.39, 0.29) is 0 Å². The summed E-state index contributed by atoms with van der Waals surface area (Å²) in [6.45, 7) is 3.69. The Kier molecular flexibility index (Phi) is 5.57. The topological polar surface area (TPSA) is 12.5 Å². The van der Waals surface area contributed by atoms with E-state index in [1.165, 1.54) is 0 Å². The molecule has 0 bridgehead atoms. The third kappa shape index (κ3) is 4.62. The van der Waals surface area contributed by atoms with Gasteiger partial charge >= 0.3 is 0 Å². The lowest BCUT2D eigenvalue weighted by atomic mass is 10.2. The Morgan fingerprint density at radius 2 is 2.18 bits per heavy atom. The van der Waals surface area contributed by atoms with Gasteiger partial charge in [-0.1, -0.05) is 6.08 Å². The van der Waals surface area contributed by atoms with E-state index in [0.717, 1.165) is 6.42 Å². The number of hydrogen-bond acceptors (Lipinski definition) is 2. The van der Waals surface area contributed by atoms with Crippen LogP contribution in [0.15, 0.2) is 25.0 Å². The van der Waals surface area contributed by atoms with Crippen molar-refractivity contribution in [3.63, 3.8) is 0 Å². The van der Waals surface area contributed by atoms with Crippen LogP contribution < -0.4 is 0 Å². The minimum absolute atomic E-state index is 0.396. The fourth-order valence-corrected chi connectivity index (χ4v) is 0.802. The lowest BCUT2D eigenvalue weighted by molar-refractivity contribution is 0.312. The van der Waals surface area contributed by atoms with Crippen LogP contribution in [-0.4, -0.2) is 32.1 Å². The maximum atomic E-state index is 4.83. The highest BCUT2D eigenvalue weighted by Crippen LogP contribution is 2.01. The Hall–Kier alpha value is -0.760. The van der Waals surface area contributed by atoms with Crippen LogP contribution in [0.2, 0.25) is 0 Å². The zero-order valence-electron chi connectivity index (χ0n) is 7.58. The van der Waals surface area contributed by atoms with Gasteiger partial charge in [0.2, 0.25) is 0 Å². The van der Waals surface area contributed by atoms with Crippen molar-refractivity contribution in [3.05, 3.63) is 25.0 Å². The number of nitrogens with zero attached hydrogens (tertiary/aromatic N) is 1. The van der Waals surface area contributed by atoms with E-state index >= 15 is 0 Å². The van der Waals surface area contributed by atoms with E-state index in [0.29, 0.717) is 6.04 Å². The summed E-state index contributed by atoms with van der Waals surface area (Å²) in [7, 11) is 5.72. The van der Waals surface area contributed by atoms with E-state index in [9.17, 15) is 0 Å². The first-order chi connectivity index (χ1) is 5.22. The number of ether oxygens (including phenoxy) is 1. The Balaban J connectivity index is 3.88. The summed E-state index contributed by atoms with van der Waals surface area (Å²) >= 11 is 0. The van der Waals surface area contributed by atoms with Crippen LogP contribution in [0.4, 0.5) is 0 Å². The van der Waals surface area contributed by atoms with Crippen molar-refractivity contribution in [1.82, 2.24) is 4.90 Å². The maximum absolute atomic E-state index is 4.83. The number of methoxy groups -OCH3 is 1. The highest BCUT2D eigenvalue weighted by atomic mass is 16.5. The smallest absolute Gasteiger partial charge is 0.0800 e. The number of likely N-dealkylation sites (N-methyl/N-ethyl adjacent to an activating group) is 1. The molecule has 0 aliphatic carbocycles. The lowest BCUT2D eigenvalue weighted by Gasteiger charge is -2.18. The average molecular weight is 155 g/mol. The molecule has 64 valence electrons. The monoisotopic (exact) mass is 155 g/mol. The van der Waals surface area contributed by atoms with Gasteiger partial charge in [-0.15, -0.1) is 6.58 Å². The van der Waals surface area contributed by atoms with Crippen molar-refractivity contribution >= 4 is 0 Å². The third-order valence-electron chi connectivity index (χ3n) is 1.51. The minimum atomic E-state index is 0.396. The molecule has 2 heteroatoms. The summed E-state index contributed by atoms with van der Waals surface area (Å²) in [5.74, 6) is 0. The van der Waals surface area contributed by atoms with Crippen LogP contribution in [0.3, 0.4) is 0 Å². The molecule has 0 radical (unpaired) electrons. The van der Waals surface area contributed by atoms with E-state index < -0.39 is 0 Å². The van der Waals surface area contributed by atoms with E-state index in [2.05, 4.69) is 11.5 Å². The molecular weight excluding hydrogens is 138 g/mol. The summed E-state index contributed by atoms with van der Waals surface area (Å²) in [6.07, 6.45) is 6.58. The Labute approximate surface area is 69.2 Å². The highest BCUT2D eigenvalue weighted by Gasteiger charge is 2.03. The standard InChI is InChI=1S/C9H17NO/c1-5-6-9(10(2)3)7-8-11-4/h5,7-9H,1,6H2,2-4H3/b8-7+. The molecule has 0 fully saturated rings. The van der Waals surface area contributed by atoms with Crippen LogP contribution in [0.25, 0.3) is 0 Å². The largest absolute Gasteiger partial charge is 0.505 e. The van der Waals surface area contributed by atoms with Crippen LogP contribution in [-0.2, 0) is 4.74 Å². The summed E-state index contributed by atoms with van der Waals surface area (Å²) < 4.78 is 4.83. The molecule has 0 amide bonds. The third-order valence-corrected chi connectivity index (χ3v) is 1.51. The van der Waals surface area contributed by atoms with Gasteiger partial charge in [0.25, 0.3) is 0 Å². The first-order valence-electron chi connectivity index (χ1n) is 3.69. The quantitative estimate of drug-likeness (QED) is 0.442. The molecule has 0 saturated heterocycles. The molecule has 0 saturated carbocycles. The van der Waals surface area contributed by atoms with Crippen LogP contribution in [0.5, 0.6) is 0 Å². The lowest BCUT2D eigenvalue weighted by Crippen LogP contribution is -2.25. The first kappa shape index (κ1) is 10.2. The summed E-state index contributed by atoms with van der Waals surface area (Å²) in [5.41, 5.74) is 0. The molecule has 0 spiro atoms. The van der Waals surface area contributed by atoms with Crippen LogP contribution >= 0.6 is 0 Å². The van der Waals surface area contributed by atoms with Gasteiger partial charge in [-0.05, 0) is 26.6 Å². The molecule has 0 aliphatic heterocycles. The second-order valence-corrected chi connectivity index (χ2v) is 2.62. The number of hydrogen-bond donors (Lipinski definition) is 0. The predicted molar refractivity (Wildman–Crippen MR) is 48.4 cm³/mol. The van der Waals surface area contributed by atoms with Crippen molar-refractivity contribution in [2.75, 3.05) is 21.2 Å². The molecular formula is C9H17NO. The predicted octanol–water partition coefficient (Wildman–Crippen LogP) is 1.65. The van der Waals surface area contributed by atoms with Crippen LogP contribution in [0, 0.1) is 0 Å². The SMILES string of the molecule is C=CCC(/C=C/OC)N(C)C. The Morgan fingerprint density at radius 3 is 2.55 bits per heavy atom. The summed E-state index contributed by atoms with van der Waals surface area (Å²) in [6, 6.07) is 0.396. The van der Waals surface area contributed by atoms with Gasteiger partial charge in [-0.2, -0.15) is 0 Å². The molecule has 0 aromatic heterocycles. The van der Waals surface area contributed by atoms with Crippen molar-refractivity contribution < 1.29 is 4.74 Å². The zero-order chi connectivity index (χ0) is 8.69. The molecule has 11 heavy (non-hydrogen) atoms. The summed E-state index contributed by atoms with van der Waals surface area (Å²) in [5, 5.41) is 0. The van der Waals surface area contributed by atoms with Gasteiger partial charge in [-0.25, -0.2) is 0 Å². The Morgan fingerprint density at radius 1 is 1.55 bits per heavy atom. The maximum Gasteiger partial charge on any atom is 0.0800 e. The molecule has 1 unspecified atom stereocenters. The second kappa shape index (κ2) is 5.98. The van der Waals surface area contributed by atoms with Crippen LogP contribution in [0.1, 0.15) is 6.42 Å². The van der Waals surface area contributed by atoms with Crippen molar-refractivity contribution in [2.45, 2.75) is 12.5 Å². The fourth-order valence-electron chi connectivity index (χ4n) is 0.802. The normalized spacial score (nSPS) is 13.8. The zero-order valence-corrected chi connectivity index (χ0v) is 7.58. The summed E-state index contributed by atoms with van der Waals surface area (Å²) in [4.78, 5) is 2.12. The minimum Gasteiger partial charge on any atom is -0.505 e. The van der Waals surface area contributed by atoms with E-state index in [1.807, 2.05) is 26.2 Å². The van der Waals surface area contributed by atoms with Crippen molar-refractivity contribution in [1.29, 1.82) is 0 Å². The molecule has 0 N–H and O–H groups in total. The molecule has 0 aromatic rings. The second-order valence-electron chi connectivity index (χ2n) is 2.62. The molecule has 0 rings (SSSR count). The van der Waals surface area contributed by atoms with Gasteiger partial charge in [0.05, 0.1) is 13.4 Å². The molecule has 1 atom stereocenters. The van der Waals surface area contributed by atoms with Gasteiger partial charge in [0, 0.05) is 6.04 Å². The molecule has 0 aliphatic rings.